The molecule has 0 aromatic carbocycles. The molecule has 0 saturated heterocycles. The third kappa shape index (κ3) is 2.68. The van der Waals surface area contributed by atoms with Crippen molar-refractivity contribution in [2.75, 3.05) is 6.61 Å². The summed E-state index contributed by atoms with van der Waals surface area (Å²) in [5.41, 5.74) is 0.179. The number of carbonyl (C=O) groups excluding carboxylic acids is 1. The Morgan fingerprint density at radius 2 is 1.80 bits per heavy atom. The van der Waals surface area contributed by atoms with Crippen molar-refractivity contribution in [1.82, 2.24) is 14.3 Å². The van der Waals surface area contributed by atoms with Crippen LogP contribution in [0.1, 0.15) is 71.2 Å². The summed E-state index contributed by atoms with van der Waals surface area (Å²) in [5, 5.41) is 4.95. The molecule has 1 heterocycles. The van der Waals surface area contributed by atoms with E-state index >= 15 is 0 Å². The molecular weight excluding hydrogens is 334 g/mol. The number of aromatic nitrogens is 3. The molecule has 1 atom stereocenters. The third-order valence-corrected chi connectivity index (χ3v) is 7.12. The summed E-state index contributed by atoms with van der Waals surface area (Å²) < 4.78 is 9.76. The first-order chi connectivity index (χ1) is 12.0. The highest BCUT2D eigenvalue weighted by molar-refractivity contribution is 7.71. The van der Waals surface area contributed by atoms with Gasteiger partial charge < -0.3 is 9.30 Å². The normalized spacial score (nSPS) is 34.3. The molecule has 0 N–H and O–H groups in total. The molecule has 4 aliphatic carbocycles. The summed E-state index contributed by atoms with van der Waals surface area (Å²) in [6.07, 6.45) is 7.97. The van der Waals surface area contributed by atoms with Crippen molar-refractivity contribution in [2.24, 2.45) is 17.8 Å². The van der Waals surface area contributed by atoms with Crippen LogP contribution in [0.4, 0.5) is 0 Å². The van der Waals surface area contributed by atoms with E-state index in [2.05, 4.69) is 11.5 Å². The lowest BCUT2D eigenvalue weighted by Gasteiger charge is -2.56. The lowest BCUT2D eigenvalue weighted by Crippen LogP contribution is -2.49. The second kappa shape index (κ2) is 6.22. The summed E-state index contributed by atoms with van der Waals surface area (Å²) in [6, 6.07) is -0.465. The zero-order chi connectivity index (χ0) is 17.8. The van der Waals surface area contributed by atoms with Gasteiger partial charge in [0.15, 0.2) is 4.77 Å². The molecule has 4 fully saturated rings. The maximum Gasteiger partial charge on any atom is 0.330 e. The van der Waals surface area contributed by atoms with Crippen LogP contribution in [0, 0.1) is 22.5 Å². The number of hydrogen-bond donors (Lipinski definition) is 0. The Morgan fingerprint density at radius 1 is 1.24 bits per heavy atom. The highest BCUT2D eigenvalue weighted by Gasteiger charge is 2.54. The van der Waals surface area contributed by atoms with Gasteiger partial charge in [0.2, 0.25) is 0 Å². The van der Waals surface area contributed by atoms with E-state index in [1.165, 1.54) is 38.5 Å². The molecule has 0 aliphatic heterocycles. The third-order valence-electron chi connectivity index (χ3n) is 6.71. The number of ether oxygens (including phenoxy) is 1. The van der Waals surface area contributed by atoms with E-state index in [0.29, 0.717) is 11.4 Å². The highest BCUT2D eigenvalue weighted by atomic mass is 32.1. The van der Waals surface area contributed by atoms with Crippen LogP contribution in [-0.2, 0) is 21.5 Å². The fraction of sp³-hybridized carbons (Fsp3) is 0.842. The Kier molecular flexibility index (Phi) is 4.29. The molecule has 4 bridgehead atoms. The Hall–Kier alpha value is -1.17. The molecule has 5 nitrogen and oxygen atoms in total. The molecule has 0 amide bonds. The van der Waals surface area contributed by atoms with Crippen LogP contribution in [0.25, 0.3) is 0 Å². The van der Waals surface area contributed by atoms with Crippen molar-refractivity contribution in [3.05, 3.63) is 10.6 Å². The van der Waals surface area contributed by atoms with Crippen LogP contribution in [0.3, 0.4) is 0 Å². The van der Waals surface area contributed by atoms with Gasteiger partial charge in [0.25, 0.3) is 0 Å². The number of esters is 1. The Balaban J connectivity index is 1.74. The molecule has 0 spiro atoms. The largest absolute Gasteiger partial charge is 0.464 e. The summed E-state index contributed by atoms with van der Waals surface area (Å²) in [4.78, 5) is 12.2. The quantitative estimate of drug-likeness (QED) is 0.585. The van der Waals surface area contributed by atoms with Crippen LogP contribution < -0.4 is 0 Å². The van der Waals surface area contributed by atoms with Crippen LogP contribution in [0.15, 0.2) is 0 Å². The van der Waals surface area contributed by atoms with E-state index in [1.807, 2.05) is 13.8 Å². The van der Waals surface area contributed by atoms with Crippen molar-refractivity contribution < 1.29 is 9.53 Å². The van der Waals surface area contributed by atoms with Gasteiger partial charge in [-0.2, -0.15) is 5.10 Å². The van der Waals surface area contributed by atoms with Gasteiger partial charge in [-0.05, 0) is 89.3 Å². The predicted octanol–water partition coefficient (Wildman–Crippen LogP) is 4.03. The lowest BCUT2D eigenvalue weighted by molar-refractivity contribution is -0.146. The highest BCUT2D eigenvalue weighted by Crippen LogP contribution is 2.60. The van der Waals surface area contributed by atoms with Gasteiger partial charge in [-0.3, -0.25) is 0 Å². The number of carbonyl (C=O) groups is 1. The van der Waals surface area contributed by atoms with Crippen LogP contribution >= 0.6 is 12.2 Å². The second-order valence-corrected chi connectivity index (χ2v) is 8.79. The van der Waals surface area contributed by atoms with Crippen molar-refractivity contribution in [3.8, 4) is 0 Å². The zero-order valence-corrected chi connectivity index (χ0v) is 16.3. The van der Waals surface area contributed by atoms with Crippen molar-refractivity contribution in [2.45, 2.75) is 77.3 Å². The maximum absolute atomic E-state index is 12.2. The predicted molar refractivity (Wildman–Crippen MR) is 97.9 cm³/mol. The topological polar surface area (TPSA) is 49.1 Å². The van der Waals surface area contributed by atoms with Crippen LogP contribution in [0.5, 0.6) is 0 Å². The summed E-state index contributed by atoms with van der Waals surface area (Å²) in [7, 11) is 0. The fourth-order valence-electron chi connectivity index (χ4n) is 6.09. The van der Waals surface area contributed by atoms with Gasteiger partial charge in [-0.1, -0.05) is 0 Å². The number of rotatable bonds is 5. The molecule has 4 saturated carbocycles. The molecule has 6 heteroatoms. The Labute approximate surface area is 154 Å². The van der Waals surface area contributed by atoms with E-state index in [4.69, 9.17) is 22.1 Å². The Bertz CT molecular complexity index is 700. The molecule has 1 aromatic heterocycles. The minimum absolute atomic E-state index is 0.179. The molecule has 0 radical (unpaired) electrons. The standard InChI is InChI=1S/C19H29N3O2S/c1-4-21-17(20-22(18(21)25)12(3)16(23)24-5-2)19-9-13-6-14(10-19)8-15(7-13)11-19/h12-15H,4-11H2,1-3H3. The van der Waals surface area contributed by atoms with Crippen LogP contribution in [-0.4, -0.2) is 26.9 Å². The lowest BCUT2D eigenvalue weighted by atomic mass is 9.49. The minimum Gasteiger partial charge on any atom is -0.464 e. The molecule has 138 valence electrons. The van der Waals surface area contributed by atoms with Gasteiger partial charge in [-0.15, -0.1) is 0 Å². The van der Waals surface area contributed by atoms with E-state index in [0.717, 1.165) is 30.1 Å². The van der Waals surface area contributed by atoms with E-state index in [9.17, 15) is 4.79 Å². The van der Waals surface area contributed by atoms with Gasteiger partial charge >= 0.3 is 5.97 Å². The van der Waals surface area contributed by atoms with E-state index in [1.54, 1.807) is 4.68 Å². The summed E-state index contributed by atoms with van der Waals surface area (Å²) >= 11 is 5.70. The first-order valence-corrected chi connectivity index (χ1v) is 10.2. The molecule has 5 rings (SSSR count). The monoisotopic (exact) mass is 363 g/mol. The van der Waals surface area contributed by atoms with Gasteiger partial charge in [-0.25, -0.2) is 9.48 Å². The van der Waals surface area contributed by atoms with Crippen molar-refractivity contribution in [3.63, 3.8) is 0 Å². The first kappa shape index (κ1) is 17.3. The average Bonchev–Trinajstić information content (AvgIpc) is 2.90. The molecule has 4 aliphatic rings. The SMILES string of the molecule is CCOC(=O)C(C)n1nc(C23CC4CC(CC(C4)C2)C3)n(CC)c1=S. The molecular formula is C19H29N3O2S. The molecule has 25 heavy (non-hydrogen) atoms. The minimum atomic E-state index is -0.465. The second-order valence-electron chi connectivity index (χ2n) is 8.42. The first-order valence-electron chi connectivity index (χ1n) is 9.84. The molecule has 1 aromatic rings. The van der Waals surface area contributed by atoms with Gasteiger partial charge in [0.05, 0.1) is 6.61 Å². The summed E-state index contributed by atoms with van der Waals surface area (Å²) in [5.74, 6) is 3.46. The van der Waals surface area contributed by atoms with E-state index < -0.39 is 6.04 Å². The van der Waals surface area contributed by atoms with Crippen LogP contribution in [0.2, 0.25) is 0 Å². The Morgan fingerprint density at radius 3 is 2.28 bits per heavy atom. The fourth-order valence-corrected chi connectivity index (χ4v) is 6.50. The molecule has 1 unspecified atom stereocenters. The summed E-state index contributed by atoms with van der Waals surface area (Å²) in [6.45, 7) is 6.98. The van der Waals surface area contributed by atoms with E-state index in [-0.39, 0.29) is 11.4 Å². The van der Waals surface area contributed by atoms with Crippen molar-refractivity contribution in [1.29, 1.82) is 0 Å². The average molecular weight is 364 g/mol. The number of nitrogens with zero attached hydrogens (tertiary/aromatic N) is 3. The number of hydrogen-bond acceptors (Lipinski definition) is 4. The van der Waals surface area contributed by atoms with Gasteiger partial charge in [0, 0.05) is 12.0 Å². The van der Waals surface area contributed by atoms with Gasteiger partial charge in [0.1, 0.15) is 11.9 Å². The smallest absolute Gasteiger partial charge is 0.330 e. The van der Waals surface area contributed by atoms with Crippen molar-refractivity contribution >= 4 is 18.2 Å². The zero-order valence-electron chi connectivity index (χ0n) is 15.5. The maximum atomic E-state index is 12.2.